The normalized spacial score (nSPS) is 10.8. The van der Waals surface area contributed by atoms with E-state index in [2.05, 4.69) is 25.1 Å². The zero-order valence-electron chi connectivity index (χ0n) is 9.39. The van der Waals surface area contributed by atoms with Crippen LogP contribution in [0.1, 0.15) is 30.9 Å². The molecule has 0 saturated heterocycles. The van der Waals surface area contributed by atoms with Gasteiger partial charge in [0.2, 0.25) is 0 Å². The summed E-state index contributed by atoms with van der Waals surface area (Å²) in [5.41, 5.74) is 2.35. The Labute approximate surface area is 96.5 Å². The first-order valence-corrected chi connectivity index (χ1v) is 6.06. The van der Waals surface area contributed by atoms with E-state index < -0.39 is 0 Å². The monoisotopic (exact) mass is 240 g/mol. The van der Waals surface area contributed by atoms with E-state index in [4.69, 9.17) is 0 Å². The van der Waals surface area contributed by atoms with Crippen LogP contribution in [0.2, 0.25) is 0 Å². The van der Waals surface area contributed by atoms with Crippen molar-refractivity contribution in [2.24, 2.45) is 0 Å². The Hall–Kier alpha value is -0.185. The van der Waals surface area contributed by atoms with E-state index in [0.717, 1.165) is 21.7 Å². The van der Waals surface area contributed by atoms with Gasteiger partial charge in [-0.1, -0.05) is 26.5 Å². The zero-order chi connectivity index (χ0) is 11.7. The van der Waals surface area contributed by atoms with Gasteiger partial charge in [-0.2, -0.15) is 0 Å². The van der Waals surface area contributed by atoms with Gasteiger partial charge in [-0.15, -0.1) is 18.5 Å². The van der Waals surface area contributed by atoms with Crippen LogP contribution in [0.5, 0.6) is 0 Å². The van der Waals surface area contributed by atoms with Gasteiger partial charge < -0.3 is 0 Å². The fraction of sp³-hybridized carbons (Fsp3) is 0.273. The third kappa shape index (κ3) is 2.17. The summed E-state index contributed by atoms with van der Waals surface area (Å²) in [4.78, 5) is 0. The van der Waals surface area contributed by atoms with Gasteiger partial charge in [0.15, 0.2) is 0 Å². The number of benzene rings is 1. The minimum Gasteiger partial charge on any atom is -0.207 e. The van der Waals surface area contributed by atoms with Crippen molar-refractivity contribution in [1.82, 2.24) is 0 Å². The smallest absolute Gasteiger partial charge is 0.144 e. The Morgan fingerprint density at radius 1 is 1.33 bits per heavy atom. The number of hydrogen-bond donors (Lipinski definition) is 0. The summed E-state index contributed by atoms with van der Waals surface area (Å²) >= 11 is 0. The molecule has 15 heavy (non-hydrogen) atoms. The van der Waals surface area contributed by atoms with Crippen LogP contribution in [0.15, 0.2) is 6.58 Å². The molecule has 0 aliphatic rings. The lowest BCUT2D eigenvalue weighted by Crippen LogP contribution is -2.32. The van der Waals surface area contributed by atoms with Crippen molar-refractivity contribution in [2.75, 3.05) is 0 Å². The van der Waals surface area contributed by atoms with Gasteiger partial charge in [0.25, 0.3) is 0 Å². The molecule has 0 amide bonds. The molecule has 4 heteroatoms. The van der Waals surface area contributed by atoms with Crippen LogP contribution in [0.25, 0.3) is 6.08 Å². The maximum Gasteiger partial charge on any atom is 0.144 e. The molecule has 2 atom stereocenters. The molecule has 0 saturated carbocycles. The molecule has 0 aromatic heterocycles. The van der Waals surface area contributed by atoms with Crippen molar-refractivity contribution in [3.8, 4) is 0 Å². The van der Waals surface area contributed by atoms with Crippen LogP contribution < -0.4 is 16.1 Å². The minimum absolute atomic E-state index is 0.101. The van der Waals surface area contributed by atoms with Crippen molar-refractivity contribution in [3.05, 3.63) is 23.5 Å². The predicted molar refractivity (Wildman–Crippen MR) is 77.4 cm³/mol. The lowest BCUT2D eigenvalue weighted by atomic mass is 9.85. The molecule has 1 aromatic carbocycles. The second-order valence-corrected chi connectivity index (χ2v) is 5.11. The highest BCUT2D eigenvalue weighted by Crippen LogP contribution is 2.18. The van der Waals surface area contributed by atoms with E-state index in [1.54, 1.807) is 13.9 Å². The Morgan fingerprint density at radius 2 is 1.87 bits per heavy atom. The summed E-state index contributed by atoms with van der Waals surface area (Å²) in [7, 11) is 7.09. The molecular formula is C11H16BFP2. The Bertz CT molecular complexity index is 385. The average Bonchev–Trinajstić information content (AvgIpc) is 2.16. The van der Waals surface area contributed by atoms with Crippen molar-refractivity contribution >= 4 is 48.5 Å². The maximum atomic E-state index is 14.1. The van der Waals surface area contributed by atoms with Gasteiger partial charge in [-0.25, -0.2) is 4.39 Å². The molecule has 0 radical (unpaired) electrons. The van der Waals surface area contributed by atoms with E-state index in [1.165, 1.54) is 0 Å². The SMILES string of the molecule is Bc1c(F)c(C(C)C)c(P)c(P)c1C=C. The van der Waals surface area contributed by atoms with Crippen LogP contribution in [0, 0.1) is 5.82 Å². The van der Waals surface area contributed by atoms with Gasteiger partial charge in [0, 0.05) is 0 Å². The Balaban J connectivity index is 3.66. The van der Waals surface area contributed by atoms with Gasteiger partial charge in [-0.3, -0.25) is 0 Å². The predicted octanol–water partition coefficient (Wildman–Crippen LogP) is 0.851. The Morgan fingerprint density at radius 3 is 2.27 bits per heavy atom. The first-order valence-electron chi connectivity index (χ1n) is 4.91. The second kappa shape index (κ2) is 4.77. The summed E-state index contributed by atoms with van der Waals surface area (Å²) in [5, 5.41) is 1.96. The van der Waals surface area contributed by atoms with E-state index in [-0.39, 0.29) is 11.7 Å². The zero-order valence-corrected chi connectivity index (χ0v) is 11.7. The first kappa shape index (κ1) is 12.9. The maximum absolute atomic E-state index is 14.1. The van der Waals surface area contributed by atoms with Crippen molar-refractivity contribution in [2.45, 2.75) is 19.8 Å². The van der Waals surface area contributed by atoms with Gasteiger partial charge in [-0.05, 0) is 33.1 Å². The first-order chi connectivity index (χ1) is 6.91. The highest BCUT2D eigenvalue weighted by Gasteiger charge is 2.17. The summed E-state index contributed by atoms with van der Waals surface area (Å²) in [5.74, 6) is 0.0884. The third-order valence-corrected chi connectivity index (χ3v) is 4.20. The summed E-state index contributed by atoms with van der Waals surface area (Å²) in [6.45, 7) is 7.73. The lowest BCUT2D eigenvalue weighted by Gasteiger charge is -2.18. The van der Waals surface area contributed by atoms with E-state index >= 15 is 0 Å². The fourth-order valence-electron chi connectivity index (χ4n) is 1.76. The van der Waals surface area contributed by atoms with Crippen LogP contribution in [0.4, 0.5) is 4.39 Å². The second-order valence-electron chi connectivity index (χ2n) is 3.95. The fourth-order valence-corrected chi connectivity index (χ4v) is 2.86. The van der Waals surface area contributed by atoms with E-state index in [1.807, 2.05) is 13.8 Å². The van der Waals surface area contributed by atoms with Gasteiger partial charge in [0.1, 0.15) is 13.7 Å². The third-order valence-electron chi connectivity index (χ3n) is 2.62. The highest BCUT2D eigenvalue weighted by molar-refractivity contribution is 7.36. The minimum atomic E-state index is -0.101. The lowest BCUT2D eigenvalue weighted by molar-refractivity contribution is 0.609. The van der Waals surface area contributed by atoms with Crippen LogP contribution in [-0.4, -0.2) is 7.85 Å². The molecule has 0 bridgehead atoms. The number of halogens is 1. The van der Waals surface area contributed by atoms with E-state index in [0.29, 0.717) is 5.46 Å². The van der Waals surface area contributed by atoms with Crippen molar-refractivity contribution in [1.29, 1.82) is 0 Å². The van der Waals surface area contributed by atoms with Crippen LogP contribution >= 0.6 is 18.5 Å². The molecule has 0 spiro atoms. The molecule has 1 rings (SSSR count). The molecule has 80 valence electrons. The molecule has 0 aliphatic heterocycles. The molecule has 0 N–H and O–H groups in total. The molecule has 1 aromatic rings. The average molecular weight is 240 g/mol. The van der Waals surface area contributed by atoms with E-state index in [9.17, 15) is 4.39 Å². The number of hydrogen-bond acceptors (Lipinski definition) is 0. The molecule has 0 fully saturated rings. The summed E-state index contributed by atoms with van der Waals surface area (Å²) < 4.78 is 14.1. The molecule has 0 aliphatic carbocycles. The molecular weight excluding hydrogens is 224 g/mol. The van der Waals surface area contributed by atoms with Gasteiger partial charge >= 0.3 is 0 Å². The van der Waals surface area contributed by atoms with Crippen LogP contribution in [0.3, 0.4) is 0 Å². The van der Waals surface area contributed by atoms with Crippen LogP contribution in [-0.2, 0) is 0 Å². The van der Waals surface area contributed by atoms with Crippen molar-refractivity contribution in [3.63, 3.8) is 0 Å². The highest BCUT2D eigenvalue weighted by atomic mass is 31.0. The summed E-state index contributed by atoms with van der Waals surface area (Å²) in [6, 6.07) is 0. The standard InChI is InChI=1S/C11H16BFP2/c1-4-6-8(12)9(13)7(5(2)3)11(15)10(6)14/h4-5H,1,12,14-15H2,2-3H3. The molecule has 0 heterocycles. The quantitative estimate of drug-likeness (QED) is 0.531. The molecule has 2 unspecified atom stereocenters. The number of rotatable bonds is 2. The Kier molecular flexibility index (Phi) is 4.09. The molecule has 0 nitrogen and oxygen atoms in total. The van der Waals surface area contributed by atoms with Gasteiger partial charge in [0.05, 0.1) is 0 Å². The largest absolute Gasteiger partial charge is 0.207 e. The summed E-state index contributed by atoms with van der Waals surface area (Å²) in [6.07, 6.45) is 1.71. The van der Waals surface area contributed by atoms with Crippen molar-refractivity contribution < 1.29 is 4.39 Å². The topological polar surface area (TPSA) is 0 Å².